The summed E-state index contributed by atoms with van der Waals surface area (Å²) in [6, 6.07) is 9.75. The highest BCUT2D eigenvalue weighted by atomic mass is 127. The van der Waals surface area contributed by atoms with Gasteiger partial charge in [0.25, 0.3) is 0 Å². The van der Waals surface area contributed by atoms with Gasteiger partial charge in [-0.05, 0) is 40.8 Å². The number of hydrogen-bond donors (Lipinski definition) is 2. The summed E-state index contributed by atoms with van der Waals surface area (Å²) in [6.07, 6.45) is 0.342. The molecular weight excluding hydrogens is 317 g/mol. The number of halogens is 1. The Balaban J connectivity index is 2.29. The second-order valence-corrected chi connectivity index (χ2v) is 4.37. The average Bonchev–Trinajstić information content (AvgIpc) is 2.27. The molecule has 0 unspecified atom stereocenters. The predicted octanol–water partition coefficient (Wildman–Crippen LogP) is 1.73. The minimum atomic E-state index is -0.103. The molecule has 0 bridgehead atoms. The van der Waals surface area contributed by atoms with E-state index in [0.717, 1.165) is 9.26 Å². The third-order valence-corrected chi connectivity index (χ3v) is 2.51. The lowest BCUT2D eigenvalue weighted by Gasteiger charge is -2.06. The number of hydrogen-bond acceptors (Lipinski definition) is 3. The molecule has 16 heavy (non-hydrogen) atoms. The van der Waals surface area contributed by atoms with Crippen molar-refractivity contribution in [2.75, 3.05) is 18.4 Å². The van der Waals surface area contributed by atoms with Gasteiger partial charge in [0.15, 0.2) is 0 Å². The number of nitrogens with zero attached hydrogens (tertiary/aromatic N) is 1. The van der Waals surface area contributed by atoms with Crippen molar-refractivity contribution in [1.82, 2.24) is 5.32 Å². The van der Waals surface area contributed by atoms with Crippen molar-refractivity contribution in [3.8, 4) is 6.07 Å². The molecule has 1 amide bonds. The van der Waals surface area contributed by atoms with Crippen LogP contribution < -0.4 is 10.6 Å². The Morgan fingerprint density at radius 1 is 1.50 bits per heavy atom. The van der Waals surface area contributed by atoms with E-state index < -0.39 is 0 Å². The van der Waals surface area contributed by atoms with Crippen LogP contribution >= 0.6 is 22.6 Å². The summed E-state index contributed by atoms with van der Waals surface area (Å²) >= 11 is 2.21. The molecule has 0 spiro atoms. The van der Waals surface area contributed by atoms with E-state index in [9.17, 15) is 4.79 Å². The first kappa shape index (κ1) is 12.8. The number of amides is 1. The highest BCUT2D eigenvalue weighted by molar-refractivity contribution is 14.1. The van der Waals surface area contributed by atoms with Crippen LogP contribution in [0.5, 0.6) is 0 Å². The van der Waals surface area contributed by atoms with E-state index in [0.29, 0.717) is 13.0 Å². The Bertz CT molecular complexity index is 400. The molecule has 0 heterocycles. The monoisotopic (exact) mass is 329 g/mol. The van der Waals surface area contributed by atoms with Crippen LogP contribution in [0.3, 0.4) is 0 Å². The fraction of sp³-hybridized carbons (Fsp3) is 0.273. The van der Waals surface area contributed by atoms with Crippen LogP contribution in [-0.4, -0.2) is 19.0 Å². The fourth-order valence-corrected chi connectivity index (χ4v) is 1.64. The van der Waals surface area contributed by atoms with Gasteiger partial charge >= 0.3 is 0 Å². The molecule has 0 aliphatic heterocycles. The van der Waals surface area contributed by atoms with Gasteiger partial charge in [-0.1, -0.05) is 6.07 Å². The molecule has 0 radical (unpaired) electrons. The topological polar surface area (TPSA) is 64.9 Å². The number of anilines is 1. The lowest BCUT2D eigenvalue weighted by atomic mass is 10.3. The lowest BCUT2D eigenvalue weighted by molar-refractivity contribution is -0.119. The highest BCUT2D eigenvalue weighted by Crippen LogP contribution is 2.11. The van der Waals surface area contributed by atoms with Gasteiger partial charge < -0.3 is 10.6 Å². The normalized spacial score (nSPS) is 9.25. The molecule has 5 heteroatoms. The third kappa shape index (κ3) is 4.98. The molecule has 4 nitrogen and oxygen atoms in total. The van der Waals surface area contributed by atoms with Crippen molar-refractivity contribution >= 4 is 34.2 Å². The van der Waals surface area contributed by atoms with Crippen LogP contribution in [0.15, 0.2) is 24.3 Å². The first-order chi connectivity index (χ1) is 7.72. The fourth-order valence-electron chi connectivity index (χ4n) is 1.10. The minimum Gasteiger partial charge on any atom is -0.376 e. The maximum Gasteiger partial charge on any atom is 0.239 e. The molecule has 0 saturated heterocycles. The molecule has 0 aliphatic carbocycles. The number of carbonyl (C=O) groups excluding carboxylic acids is 1. The molecule has 1 aromatic carbocycles. The largest absolute Gasteiger partial charge is 0.376 e. The maximum absolute atomic E-state index is 11.3. The summed E-state index contributed by atoms with van der Waals surface area (Å²) in [5, 5.41) is 14.0. The van der Waals surface area contributed by atoms with Gasteiger partial charge in [0.2, 0.25) is 5.91 Å². The van der Waals surface area contributed by atoms with Gasteiger partial charge in [-0.15, -0.1) is 0 Å². The average molecular weight is 329 g/mol. The van der Waals surface area contributed by atoms with Crippen LogP contribution in [0.4, 0.5) is 5.69 Å². The summed E-state index contributed by atoms with van der Waals surface area (Å²) in [5.41, 5.74) is 0.919. The number of rotatable bonds is 5. The van der Waals surface area contributed by atoms with E-state index in [4.69, 9.17) is 5.26 Å². The van der Waals surface area contributed by atoms with Crippen molar-refractivity contribution in [2.24, 2.45) is 0 Å². The molecule has 1 aromatic rings. The molecule has 1 rings (SSSR count). The summed E-state index contributed by atoms with van der Waals surface area (Å²) in [6.45, 7) is 0.634. The van der Waals surface area contributed by atoms with Crippen molar-refractivity contribution in [3.05, 3.63) is 27.8 Å². The first-order valence-corrected chi connectivity index (χ1v) is 5.93. The molecule has 0 atom stereocenters. The Morgan fingerprint density at radius 3 is 3.00 bits per heavy atom. The Hall–Kier alpha value is -1.29. The second-order valence-electron chi connectivity index (χ2n) is 3.12. The Kier molecular flexibility index (Phi) is 5.64. The summed E-state index contributed by atoms with van der Waals surface area (Å²) in [7, 11) is 0. The van der Waals surface area contributed by atoms with Gasteiger partial charge in [0.05, 0.1) is 19.0 Å². The van der Waals surface area contributed by atoms with Crippen LogP contribution in [0.2, 0.25) is 0 Å². The predicted molar refractivity (Wildman–Crippen MR) is 70.9 cm³/mol. The highest BCUT2D eigenvalue weighted by Gasteiger charge is 2.00. The maximum atomic E-state index is 11.3. The van der Waals surface area contributed by atoms with E-state index in [2.05, 4.69) is 33.2 Å². The number of nitrogens with one attached hydrogen (secondary N) is 2. The summed E-state index contributed by atoms with van der Waals surface area (Å²) in [4.78, 5) is 11.3. The van der Waals surface area contributed by atoms with E-state index in [1.54, 1.807) is 0 Å². The number of nitriles is 1. The summed E-state index contributed by atoms with van der Waals surface area (Å²) < 4.78 is 1.12. The van der Waals surface area contributed by atoms with Crippen molar-refractivity contribution in [2.45, 2.75) is 6.42 Å². The molecule has 0 fully saturated rings. The SMILES string of the molecule is N#CCCNC(=O)CNc1cccc(I)c1. The van der Waals surface area contributed by atoms with E-state index in [1.165, 1.54) is 0 Å². The first-order valence-electron chi connectivity index (χ1n) is 4.85. The molecule has 2 N–H and O–H groups in total. The van der Waals surface area contributed by atoms with E-state index in [1.807, 2.05) is 30.3 Å². The van der Waals surface area contributed by atoms with Gasteiger partial charge in [-0.3, -0.25) is 4.79 Å². The van der Waals surface area contributed by atoms with E-state index >= 15 is 0 Å². The molecule has 0 saturated carbocycles. The number of benzene rings is 1. The minimum absolute atomic E-state index is 0.103. The van der Waals surface area contributed by atoms with Crippen molar-refractivity contribution < 1.29 is 4.79 Å². The quantitative estimate of drug-likeness (QED) is 0.639. The zero-order valence-electron chi connectivity index (χ0n) is 8.66. The lowest BCUT2D eigenvalue weighted by Crippen LogP contribution is -2.30. The van der Waals surface area contributed by atoms with Crippen LogP contribution in [0.1, 0.15) is 6.42 Å². The standard InChI is InChI=1S/C11H12IN3O/c12-9-3-1-4-10(7-9)15-8-11(16)14-6-2-5-13/h1,3-4,7,15H,2,6,8H2,(H,14,16). The summed E-state index contributed by atoms with van der Waals surface area (Å²) in [5.74, 6) is -0.103. The molecular formula is C11H12IN3O. The van der Waals surface area contributed by atoms with Gasteiger partial charge in [-0.25, -0.2) is 0 Å². The molecule has 84 valence electrons. The van der Waals surface area contributed by atoms with Crippen LogP contribution in [-0.2, 0) is 4.79 Å². The molecule has 0 aromatic heterocycles. The van der Waals surface area contributed by atoms with Crippen molar-refractivity contribution in [1.29, 1.82) is 5.26 Å². The van der Waals surface area contributed by atoms with Gasteiger partial charge in [-0.2, -0.15) is 5.26 Å². The Labute approximate surface area is 108 Å². The smallest absolute Gasteiger partial charge is 0.239 e. The van der Waals surface area contributed by atoms with Gasteiger partial charge in [0, 0.05) is 15.8 Å². The zero-order chi connectivity index (χ0) is 11.8. The van der Waals surface area contributed by atoms with Gasteiger partial charge in [0.1, 0.15) is 0 Å². The second kappa shape index (κ2) is 7.06. The van der Waals surface area contributed by atoms with Crippen LogP contribution in [0, 0.1) is 14.9 Å². The molecule has 0 aliphatic rings. The number of carbonyl (C=O) groups is 1. The van der Waals surface area contributed by atoms with Crippen LogP contribution in [0.25, 0.3) is 0 Å². The van der Waals surface area contributed by atoms with E-state index in [-0.39, 0.29) is 12.5 Å². The zero-order valence-corrected chi connectivity index (χ0v) is 10.8. The van der Waals surface area contributed by atoms with Crippen molar-refractivity contribution in [3.63, 3.8) is 0 Å². The Morgan fingerprint density at radius 2 is 2.31 bits per heavy atom. The third-order valence-electron chi connectivity index (χ3n) is 1.84.